The number of benzene rings is 2. The summed E-state index contributed by atoms with van der Waals surface area (Å²) in [5.41, 5.74) is 8.65. The maximum atomic E-state index is 12.7. The summed E-state index contributed by atoms with van der Waals surface area (Å²) in [4.78, 5) is 0.175. The minimum atomic E-state index is -3.65. The van der Waals surface area contributed by atoms with E-state index in [0.717, 1.165) is 30.4 Å². The fourth-order valence-electron chi connectivity index (χ4n) is 3.26. The van der Waals surface area contributed by atoms with Crippen LogP contribution in [0.3, 0.4) is 0 Å². The fraction of sp³-hybridized carbons (Fsp3) is 0.294. The highest BCUT2D eigenvalue weighted by Gasteiger charge is 2.27. The number of nitrogens with two attached hydrogens (primary N) is 1. The number of fused-ring (bicyclic) bond motifs is 2. The van der Waals surface area contributed by atoms with Gasteiger partial charge in [0.2, 0.25) is 16.8 Å². The summed E-state index contributed by atoms with van der Waals surface area (Å²) in [5.74, 6) is 1.02. The quantitative estimate of drug-likeness (QED) is 0.833. The number of sulfonamides is 1. The molecule has 1 aliphatic carbocycles. The molecule has 1 aliphatic heterocycles. The molecule has 2 aromatic rings. The van der Waals surface area contributed by atoms with Crippen LogP contribution >= 0.6 is 0 Å². The molecule has 0 saturated carbocycles. The monoisotopic (exact) mass is 346 g/mol. The Morgan fingerprint density at radius 2 is 1.92 bits per heavy atom. The molecule has 7 heteroatoms. The van der Waals surface area contributed by atoms with Gasteiger partial charge in [0.25, 0.3) is 0 Å². The van der Waals surface area contributed by atoms with Crippen LogP contribution in [0.2, 0.25) is 0 Å². The Morgan fingerprint density at radius 3 is 2.79 bits per heavy atom. The molecule has 2 aliphatic rings. The Kier molecular flexibility index (Phi) is 3.62. The summed E-state index contributed by atoms with van der Waals surface area (Å²) in [7, 11) is -3.65. The van der Waals surface area contributed by atoms with Crippen molar-refractivity contribution < 1.29 is 17.9 Å². The van der Waals surface area contributed by atoms with Gasteiger partial charge in [-0.3, -0.25) is 0 Å². The molecule has 3 N–H and O–H groups in total. The number of rotatable bonds is 3. The van der Waals surface area contributed by atoms with Gasteiger partial charge in [0.1, 0.15) is 0 Å². The zero-order chi connectivity index (χ0) is 16.7. The van der Waals surface area contributed by atoms with E-state index in [0.29, 0.717) is 17.2 Å². The second-order valence-electron chi connectivity index (χ2n) is 6.04. The van der Waals surface area contributed by atoms with Crippen molar-refractivity contribution in [2.45, 2.75) is 30.2 Å². The van der Waals surface area contributed by atoms with Gasteiger partial charge in [-0.2, -0.15) is 0 Å². The number of hydrogen-bond acceptors (Lipinski definition) is 5. The van der Waals surface area contributed by atoms with Crippen LogP contribution in [0.4, 0.5) is 5.69 Å². The van der Waals surface area contributed by atoms with Crippen LogP contribution in [-0.2, 0) is 16.4 Å². The summed E-state index contributed by atoms with van der Waals surface area (Å²) in [6, 6.07) is 10.1. The second-order valence-corrected chi connectivity index (χ2v) is 7.75. The second kappa shape index (κ2) is 5.68. The molecule has 1 unspecified atom stereocenters. The van der Waals surface area contributed by atoms with Gasteiger partial charge in [0.15, 0.2) is 11.5 Å². The van der Waals surface area contributed by atoms with Crippen molar-refractivity contribution in [2.24, 2.45) is 0 Å². The van der Waals surface area contributed by atoms with Crippen LogP contribution in [0.1, 0.15) is 30.0 Å². The van der Waals surface area contributed by atoms with Gasteiger partial charge in [-0.1, -0.05) is 6.07 Å². The van der Waals surface area contributed by atoms with E-state index in [9.17, 15) is 8.42 Å². The van der Waals surface area contributed by atoms with E-state index in [1.807, 2.05) is 18.2 Å². The molecule has 0 radical (unpaired) electrons. The fourth-order valence-corrected chi connectivity index (χ4v) is 4.52. The first-order valence-electron chi connectivity index (χ1n) is 7.83. The number of aryl methyl sites for hydroxylation is 1. The van der Waals surface area contributed by atoms with Gasteiger partial charge in [0.05, 0.1) is 4.90 Å². The van der Waals surface area contributed by atoms with E-state index < -0.39 is 10.0 Å². The predicted molar refractivity (Wildman–Crippen MR) is 89.4 cm³/mol. The van der Waals surface area contributed by atoms with Gasteiger partial charge >= 0.3 is 0 Å². The predicted octanol–water partition coefficient (Wildman–Crippen LogP) is 2.35. The highest BCUT2D eigenvalue weighted by molar-refractivity contribution is 7.89. The summed E-state index contributed by atoms with van der Waals surface area (Å²) in [6.07, 6.45) is 2.61. The van der Waals surface area contributed by atoms with E-state index >= 15 is 0 Å². The summed E-state index contributed by atoms with van der Waals surface area (Å²) in [5, 5.41) is 0. The zero-order valence-corrected chi connectivity index (χ0v) is 13.8. The number of nitrogens with one attached hydrogen (secondary N) is 1. The van der Waals surface area contributed by atoms with E-state index in [-0.39, 0.29) is 17.7 Å². The molecule has 0 spiro atoms. The minimum Gasteiger partial charge on any atom is -0.454 e. The van der Waals surface area contributed by atoms with Crippen LogP contribution < -0.4 is 19.9 Å². The highest BCUT2D eigenvalue weighted by Crippen LogP contribution is 2.35. The molecule has 6 nitrogen and oxygen atoms in total. The molecule has 126 valence electrons. The van der Waals surface area contributed by atoms with E-state index in [1.54, 1.807) is 6.07 Å². The molecule has 2 aromatic carbocycles. The average molecular weight is 346 g/mol. The zero-order valence-electron chi connectivity index (χ0n) is 13.0. The first kappa shape index (κ1) is 15.3. The van der Waals surface area contributed by atoms with Crippen molar-refractivity contribution in [1.82, 2.24) is 4.72 Å². The smallest absolute Gasteiger partial charge is 0.241 e. The molecule has 0 fully saturated rings. The maximum Gasteiger partial charge on any atom is 0.241 e. The molecular weight excluding hydrogens is 328 g/mol. The Bertz CT molecular complexity index is 895. The molecule has 0 saturated heterocycles. The molecule has 1 atom stereocenters. The molecule has 0 aromatic heterocycles. The lowest BCUT2D eigenvalue weighted by atomic mass is 9.88. The SMILES string of the molecule is Nc1ccc2c(c1)CCCC2NS(=O)(=O)c1ccc2c(c1)OCO2. The summed E-state index contributed by atoms with van der Waals surface area (Å²) in [6.45, 7) is 0.115. The highest BCUT2D eigenvalue weighted by atomic mass is 32.2. The van der Waals surface area contributed by atoms with Crippen molar-refractivity contribution in [2.75, 3.05) is 12.5 Å². The van der Waals surface area contributed by atoms with Crippen molar-refractivity contribution in [3.05, 3.63) is 47.5 Å². The van der Waals surface area contributed by atoms with Crippen molar-refractivity contribution in [1.29, 1.82) is 0 Å². The van der Waals surface area contributed by atoms with E-state index in [2.05, 4.69) is 4.72 Å². The molecule has 0 amide bonds. The van der Waals surface area contributed by atoms with Crippen LogP contribution in [0, 0.1) is 0 Å². The Morgan fingerprint density at radius 1 is 1.08 bits per heavy atom. The first-order valence-corrected chi connectivity index (χ1v) is 9.31. The summed E-state index contributed by atoms with van der Waals surface area (Å²) < 4.78 is 38.8. The van der Waals surface area contributed by atoms with Crippen LogP contribution in [0.5, 0.6) is 11.5 Å². The van der Waals surface area contributed by atoms with E-state index in [1.165, 1.54) is 12.1 Å². The third kappa shape index (κ3) is 2.70. The molecule has 24 heavy (non-hydrogen) atoms. The van der Waals surface area contributed by atoms with Crippen molar-refractivity contribution >= 4 is 15.7 Å². The van der Waals surface area contributed by atoms with Crippen LogP contribution in [0.25, 0.3) is 0 Å². The van der Waals surface area contributed by atoms with Gasteiger partial charge in [-0.25, -0.2) is 13.1 Å². The minimum absolute atomic E-state index is 0.115. The Labute approximate surface area is 140 Å². The molecular formula is C17H18N2O4S. The number of nitrogen functional groups attached to an aromatic ring is 1. The lowest BCUT2D eigenvalue weighted by Crippen LogP contribution is -2.31. The third-order valence-corrected chi connectivity index (χ3v) is 5.90. The Balaban J connectivity index is 1.63. The van der Waals surface area contributed by atoms with Crippen LogP contribution in [-0.4, -0.2) is 15.2 Å². The number of anilines is 1. The van der Waals surface area contributed by atoms with E-state index in [4.69, 9.17) is 15.2 Å². The summed E-state index contributed by atoms with van der Waals surface area (Å²) >= 11 is 0. The molecule has 1 heterocycles. The first-order chi connectivity index (χ1) is 11.5. The third-order valence-electron chi connectivity index (χ3n) is 4.43. The molecule has 4 rings (SSSR count). The topological polar surface area (TPSA) is 90.7 Å². The number of hydrogen-bond donors (Lipinski definition) is 2. The number of ether oxygens (including phenoxy) is 2. The Hall–Kier alpha value is -2.25. The average Bonchev–Trinajstić information content (AvgIpc) is 3.02. The normalized spacial score (nSPS) is 19.1. The van der Waals surface area contributed by atoms with Gasteiger partial charge in [0, 0.05) is 17.8 Å². The van der Waals surface area contributed by atoms with Crippen molar-refractivity contribution in [3.63, 3.8) is 0 Å². The van der Waals surface area contributed by atoms with Gasteiger partial charge in [-0.05, 0) is 54.7 Å². The van der Waals surface area contributed by atoms with Gasteiger partial charge in [-0.15, -0.1) is 0 Å². The largest absolute Gasteiger partial charge is 0.454 e. The molecule has 0 bridgehead atoms. The lowest BCUT2D eigenvalue weighted by molar-refractivity contribution is 0.174. The maximum absolute atomic E-state index is 12.7. The van der Waals surface area contributed by atoms with Crippen molar-refractivity contribution in [3.8, 4) is 11.5 Å². The van der Waals surface area contributed by atoms with Gasteiger partial charge < -0.3 is 15.2 Å². The standard InChI is InChI=1S/C17H18N2O4S/c18-12-4-6-14-11(8-12)2-1-3-15(14)19-24(20,21)13-5-7-16-17(9-13)23-10-22-16/h4-9,15,19H,1-3,10,18H2. The lowest BCUT2D eigenvalue weighted by Gasteiger charge is -2.26. The van der Waals surface area contributed by atoms with Crippen LogP contribution in [0.15, 0.2) is 41.3 Å².